The first-order valence-corrected chi connectivity index (χ1v) is 25.1. The first-order valence-electron chi connectivity index (χ1n) is 25.1. The van der Waals surface area contributed by atoms with E-state index in [-0.39, 0.29) is 62.5 Å². The molecule has 396 valence electrons. The summed E-state index contributed by atoms with van der Waals surface area (Å²) in [5.41, 5.74) is 4.36. The Bertz CT molecular complexity index is 2920. The average Bonchev–Trinajstić information content (AvgIpc) is 3.46. The lowest BCUT2D eigenvalue weighted by molar-refractivity contribution is -0.116. The second-order valence-electron chi connectivity index (χ2n) is 17.2. The standard InChI is InChI=1S/C60H60N6O11/c67-55(25-14-5-15-36-62-58(69)74-41-45-19-8-2-9-20-45)64-54-35-34-52(39-53(54)56(68)63-48-26-28-50(29-27-48)77-51-32-30-49(31-33-51)73-40-44-17-6-1-7-18-44)72-38-16-37-61-57(65-59(70)75-42-46-21-10-3-11-22-46)66-60(71)76-43-47-23-12-4-13-24-47/h1-4,6-13,17-24,26-35,39H,5,14-16,25,36-38,40-43H2,(H,62,69)(H,63,68)(H,64,67)(H2,61,65,66,70,71). The Morgan fingerprint density at radius 1 is 0.442 bits per heavy atom. The van der Waals surface area contributed by atoms with Gasteiger partial charge < -0.3 is 44.4 Å². The van der Waals surface area contributed by atoms with Crippen molar-refractivity contribution in [3.8, 4) is 23.0 Å². The summed E-state index contributed by atoms with van der Waals surface area (Å²) in [5, 5.41) is 13.5. The van der Waals surface area contributed by atoms with Gasteiger partial charge in [0.15, 0.2) is 0 Å². The molecule has 0 radical (unpaired) electrons. The summed E-state index contributed by atoms with van der Waals surface area (Å²) >= 11 is 0. The molecule has 0 heterocycles. The van der Waals surface area contributed by atoms with Crippen molar-refractivity contribution in [2.75, 3.05) is 30.3 Å². The molecule has 0 saturated carbocycles. The molecule has 0 saturated heterocycles. The van der Waals surface area contributed by atoms with Gasteiger partial charge in [-0.05, 0) is 102 Å². The number of benzene rings is 7. The van der Waals surface area contributed by atoms with Gasteiger partial charge in [0.2, 0.25) is 11.9 Å². The molecule has 5 amide bonds. The highest BCUT2D eigenvalue weighted by Crippen LogP contribution is 2.28. The van der Waals surface area contributed by atoms with E-state index in [1.54, 1.807) is 36.4 Å². The lowest BCUT2D eigenvalue weighted by Crippen LogP contribution is -2.44. The minimum Gasteiger partial charge on any atom is -0.494 e. The molecule has 5 N–H and O–H groups in total. The Morgan fingerprint density at radius 2 is 0.935 bits per heavy atom. The number of carbonyl (C=O) groups excluding carboxylic acids is 5. The summed E-state index contributed by atoms with van der Waals surface area (Å²) in [7, 11) is 0. The van der Waals surface area contributed by atoms with Gasteiger partial charge in [-0.15, -0.1) is 0 Å². The van der Waals surface area contributed by atoms with Crippen LogP contribution in [0.2, 0.25) is 0 Å². The number of carbonyl (C=O) groups is 5. The Hall–Kier alpha value is -9.64. The highest BCUT2D eigenvalue weighted by Gasteiger charge is 2.17. The molecule has 0 spiro atoms. The van der Waals surface area contributed by atoms with Crippen molar-refractivity contribution in [2.24, 2.45) is 4.99 Å². The number of aliphatic imine (C=N–C) groups is 1. The number of unbranched alkanes of at least 4 members (excludes halogenated alkanes) is 2. The van der Waals surface area contributed by atoms with Gasteiger partial charge >= 0.3 is 18.3 Å². The number of nitrogens with one attached hydrogen (secondary N) is 5. The number of rotatable bonds is 25. The normalized spacial score (nSPS) is 10.4. The third kappa shape index (κ3) is 20.3. The molecule has 7 aromatic rings. The minimum atomic E-state index is -0.840. The van der Waals surface area contributed by atoms with Gasteiger partial charge in [-0.1, -0.05) is 128 Å². The van der Waals surface area contributed by atoms with Crippen LogP contribution in [0.3, 0.4) is 0 Å². The van der Waals surface area contributed by atoms with Crippen LogP contribution in [0.5, 0.6) is 23.0 Å². The van der Waals surface area contributed by atoms with E-state index in [4.69, 9.17) is 28.4 Å². The van der Waals surface area contributed by atoms with Crippen molar-refractivity contribution < 1.29 is 52.4 Å². The highest BCUT2D eigenvalue weighted by atomic mass is 16.6. The van der Waals surface area contributed by atoms with Crippen LogP contribution < -0.4 is 40.8 Å². The van der Waals surface area contributed by atoms with Crippen LogP contribution in [0.1, 0.15) is 64.7 Å². The monoisotopic (exact) mass is 1040 g/mol. The first kappa shape index (κ1) is 55.1. The van der Waals surface area contributed by atoms with Crippen molar-refractivity contribution in [2.45, 2.75) is 58.5 Å². The molecule has 0 bridgehead atoms. The molecule has 0 aliphatic rings. The van der Waals surface area contributed by atoms with E-state index in [0.717, 1.165) is 22.3 Å². The van der Waals surface area contributed by atoms with Crippen molar-refractivity contribution in [3.05, 3.63) is 216 Å². The number of guanidine groups is 1. The van der Waals surface area contributed by atoms with E-state index in [0.29, 0.717) is 67.5 Å². The fourth-order valence-electron chi connectivity index (χ4n) is 7.23. The van der Waals surface area contributed by atoms with Gasteiger partial charge in [0.1, 0.15) is 49.4 Å². The Kier molecular flexibility index (Phi) is 21.9. The second kappa shape index (κ2) is 30.5. The quantitative estimate of drug-likeness (QED) is 0.0157. The van der Waals surface area contributed by atoms with Crippen LogP contribution in [0.15, 0.2) is 193 Å². The molecule has 0 aliphatic carbocycles. The molecule has 17 nitrogen and oxygen atoms in total. The van der Waals surface area contributed by atoms with Crippen LogP contribution in [-0.2, 0) is 45.4 Å². The number of nitrogens with zero attached hydrogens (tertiary/aromatic N) is 1. The molecule has 0 atom stereocenters. The van der Waals surface area contributed by atoms with Crippen LogP contribution in [-0.4, -0.2) is 55.8 Å². The second-order valence-corrected chi connectivity index (χ2v) is 17.2. The predicted molar refractivity (Wildman–Crippen MR) is 292 cm³/mol. The van der Waals surface area contributed by atoms with Crippen LogP contribution in [0.25, 0.3) is 0 Å². The number of anilines is 2. The summed E-state index contributed by atoms with van der Waals surface area (Å²) < 4.78 is 33.9. The SMILES string of the molecule is O=C(CCCCCNC(=O)OCc1ccccc1)Nc1ccc(OCCCN=C(NC(=O)OCc2ccccc2)NC(=O)OCc2ccccc2)cc1C(=O)Nc1ccc(Oc2ccc(OCc3ccccc3)cc2)cc1. The number of hydrogen-bond acceptors (Lipinski definition) is 12. The van der Waals surface area contributed by atoms with Gasteiger partial charge in [-0.3, -0.25) is 25.2 Å². The molecule has 0 fully saturated rings. The number of alkyl carbamates (subject to hydrolysis) is 3. The van der Waals surface area contributed by atoms with Gasteiger partial charge in [0.05, 0.1) is 17.9 Å². The number of amides is 5. The van der Waals surface area contributed by atoms with E-state index >= 15 is 0 Å². The van der Waals surface area contributed by atoms with E-state index in [2.05, 4.69) is 31.6 Å². The molecule has 0 aromatic heterocycles. The van der Waals surface area contributed by atoms with Gasteiger partial charge in [0.25, 0.3) is 5.91 Å². The van der Waals surface area contributed by atoms with E-state index in [9.17, 15) is 24.0 Å². The lowest BCUT2D eigenvalue weighted by Gasteiger charge is -2.15. The Labute approximate surface area is 446 Å². The van der Waals surface area contributed by atoms with Crippen LogP contribution in [0.4, 0.5) is 25.8 Å². The first-order chi connectivity index (χ1) is 37.7. The van der Waals surface area contributed by atoms with Crippen LogP contribution in [0, 0.1) is 0 Å². The molecule has 0 unspecified atom stereocenters. The average molecular weight is 1040 g/mol. The van der Waals surface area contributed by atoms with Gasteiger partial charge in [-0.25, -0.2) is 14.4 Å². The zero-order valence-electron chi connectivity index (χ0n) is 42.3. The third-order valence-electron chi connectivity index (χ3n) is 11.2. The third-order valence-corrected chi connectivity index (χ3v) is 11.2. The fourth-order valence-corrected chi connectivity index (χ4v) is 7.23. The van der Waals surface area contributed by atoms with Crippen LogP contribution >= 0.6 is 0 Å². The van der Waals surface area contributed by atoms with Crippen molar-refractivity contribution in [1.29, 1.82) is 0 Å². The van der Waals surface area contributed by atoms with Gasteiger partial charge in [-0.2, -0.15) is 0 Å². The maximum Gasteiger partial charge on any atom is 0.414 e. The molecule has 17 heteroatoms. The minimum absolute atomic E-state index is 0.00619. The van der Waals surface area contributed by atoms with Crippen molar-refractivity contribution in [3.63, 3.8) is 0 Å². The summed E-state index contributed by atoms with van der Waals surface area (Å²) in [6, 6.07) is 56.4. The maximum atomic E-state index is 14.0. The van der Waals surface area contributed by atoms with Gasteiger partial charge in [0, 0.05) is 31.6 Å². The number of hydrogen-bond donors (Lipinski definition) is 5. The van der Waals surface area contributed by atoms with E-state index in [1.165, 1.54) is 6.07 Å². The predicted octanol–water partition coefficient (Wildman–Crippen LogP) is 11.7. The van der Waals surface area contributed by atoms with E-state index < -0.39 is 24.2 Å². The van der Waals surface area contributed by atoms with Crippen molar-refractivity contribution >= 4 is 47.4 Å². The molecule has 7 rings (SSSR count). The zero-order valence-corrected chi connectivity index (χ0v) is 42.3. The molecule has 77 heavy (non-hydrogen) atoms. The Morgan fingerprint density at radius 3 is 1.49 bits per heavy atom. The maximum absolute atomic E-state index is 14.0. The van der Waals surface area contributed by atoms with E-state index in [1.807, 2.05) is 146 Å². The topological polar surface area (TPSA) is 213 Å². The molecular weight excluding hydrogens is 981 g/mol. The van der Waals surface area contributed by atoms with Crippen molar-refractivity contribution in [1.82, 2.24) is 16.0 Å². The zero-order chi connectivity index (χ0) is 53.7. The molecule has 7 aromatic carbocycles. The summed E-state index contributed by atoms with van der Waals surface area (Å²) in [4.78, 5) is 69.2. The fraction of sp³-hybridized carbons (Fsp3) is 0.200. The largest absolute Gasteiger partial charge is 0.494 e. The lowest BCUT2D eigenvalue weighted by atomic mass is 10.1. The molecule has 0 aliphatic heterocycles. The summed E-state index contributed by atoms with van der Waals surface area (Å²) in [6.07, 6.45) is 0.127. The summed E-state index contributed by atoms with van der Waals surface area (Å²) in [5.74, 6) is 1.17. The summed E-state index contributed by atoms with van der Waals surface area (Å²) in [6.45, 7) is 1.20. The Balaban J connectivity index is 0.938. The smallest absolute Gasteiger partial charge is 0.414 e. The molecular formula is C60H60N6O11. The highest BCUT2D eigenvalue weighted by molar-refractivity contribution is 6.10. The number of ether oxygens (including phenoxy) is 6.